The van der Waals surface area contributed by atoms with E-state index in [2.05, 4.69) is 52.3 Å². The van der Waals surface area contributed by atoms with Gasteiger partial charge in [-0.15, -0.1) is 0 Å². The maximum atomic E-state index is 14.5. The molecule has 5 heteroatoms. The van der Waals surface area contributed by atoms with Crippen molar-refractivity contribution in [2.75, 3.05) is 23.4 Å². The fourth-order valence-electron chi connectivity index (χ4n) is 4.48. The molecule has 0 fully saturated rings. The molecule has 1 aliphatic heterocycles. The summed E-state index contributed by atoms with van der Waals surface area (Å²) in [5.74, 6) is -1.25. The number of aryl methyl sites for hydroxylation is 2. The van der Waals surface area contributed by atoms with Gasteiger partial charge in [0.05, 0.1) is 11.4 Å². The number of nitrogens with zero attached hydrogens (tertiary/aromatic N) is 2. The summed E-state index contributed by atoms with van der Waals surface area (Å²) in [4.78, 5) is 15.4. The molecule has 0 radical (unpaired) electrons. The summed E-state index contributed by atoms with van der Waals surface area (Å²) >= 11 is 0. The number of rotatable bonds is 8. The highest BCUT2D eigenvalue weighted by Crippen LogP contribution is 2.38. The third-order valence-electron chi connectivity index (χ3n) is 6.06. The first kappa shape index (κ1) is 21.9. The number of fused-ring (bicyclic) bond motifs is 1. The van der Waals surface area contributed by atoms with Crippen LogP contribution in [0, 0.1) is 5.82 Å². The fraction of sp³-hybridized carbons (Fsp3) is 0.296. The van der Waals surface area contributed by atoms with Gasteiger partial charge in [-0.3, -0.25) is 4.79 Å². The Morgan fingerprint density at radius 2 is 1.88 bits per heavy atom. The number of carboxylic acids is 1. The van der Waals surface area contributed by atoms with Crippen LogP contribution in [0.4, 0.5) is 15.8 Å². The quantitative estimate of drug-likeness (QED) is 0.515. The smallest absolute Gasteiger partial charge is 0.303 e. The monoisotopic (exact) mass is 432 g/mol. The van der Waals surface area contributed by atoms with Gasteiger partial charge in [0.15, 0.2) is 0 Å². The van der Waals surface area contributed by atoms with Crippen molar-refractivity contribution in [1.82, 2.24) is 0 Å². The molecule has 0 unspecified atom stereocenters. The normalized spacial score (nSPS) is 13.0. The van der Waals surface area contributed by atoms with Gasteiger partial charge in [-0.25, -0.2) is 4.39 Å². The van der Waals surface area contributed by atoms with Gasteiger partial charge in [-0.05, 0) is 53.6 Å². The molecule has 4 rings (SSSR count). The number of anilines is 2. The maximum Gasteiger partial charge on any atom is 0.303 e. The van der Waals surface area contributed by atoms with E-state index in [1.54, 1.807) is 6.07 Å². The second-order valence-electron chi connectivity index (χ2n) is 8.47. The van der Waals surface area contributed by atoms with Crippen molar-refractivity contribution < 1.29 is 14.3 Å². The van der Waals surface area contributed by atoms with E-state index < -0.39 is 5.97 Å². The van der Waals surface area contributed by atoms with E-state index in [-0.39, 0.29) is 18.7 Å². The highest BCUT2D eigenvalue weighted by molar-refractivity contribution is 5.76. The molecule has 32 heavy (non-hydrogen) atoms. The van der Waals surface area contributed by atoms with Crippen LogP contribution in [0.25, 0.3) is 0 Å². The second-order valence-corrected chi connectivity index (χ2v) is 8.47. The molecule has 0 spiro atoms. The highest BCUT2D eigenvalue weighted by Gasteiger charge is 2.22. The lowest BCUT2D eigenvalue weighted by Crippen LogP contribution is -2.31. The molecule has 1 N–H and O–H groups in total. The minimum Gasteiger partial charge on any atom is -0.481 e. The standard InChI is InChI=1S/C27H29FN2O2/c1-29(18-21-12-13-22(24(28)17-21)14-15-26(31)32)25-11-5-9-23-10-6-16-30(27(23)25)19-20-7-3-2-4-8-20/h2-5,7-9,11-13,17H,6,10,14-16,18-19H2,1H3,(H,31,32). The molecular formula is C27H29FN2O2. The number of para-hydroxylation sites is 1. The van der Waals surface area contributed by atoms with E-state index in [4.69, 9.17) is 5.11 Å². The number of benzene rings is 3. The summed E-state index contributed by atoms with van der Waals surface area (Å²) in [5.41, 5.74) is 6.37. The third kappa shape index (κ3) is 5.10. The lowest BCUT2D eigenvalue weighted by atomic mass is 9.98. The average molecular weight is 433 g/mol. The van der Waals surface area contributed by atoms with Gasteiger partial charge >= 0.3 is 5.97 Å². The number of carbonyl (C=O) groups is 1. The minimum atomic E-state index is -0.915. The van der Waals surface area contributed by atoms with Crippen molar-refractivity contribution in [2.24, 2.45) is 0 Å². The van der Waals surface area contributed by atoms with Crippen molar-refractivity contribution in [1.29, 1.82) is 0 Å². The Bertz CT molecular complexity index is 1080. The van der Waals surface area contributed by atoms with Crippen LogP contribution < -0.4 is 9.80 Å². The van der Waals surface area contributed by atoms with Crippen molar-refractivity contribution in [3.63, 3.8) is 0 Å². The number of carboxylic acid groups (broad SMARTS) is 1. The largest absolute Gasteiger partial charge is 0.481 e. The average Bonchev–Trinajstić information content (AvgIpc) is 2.79. The number of hydrogen-bond acceptors (Lipinski definition) is 3. The molecule has 4 nitrogen and oxygen atoms in total. The molecule has 1 heterocycles. The minimum absolute atomic E-state index is 0.0659. The molecule has 0 aromatic heterocycles. The van der Waals surface area contributed by atoms with Crippen LogP contribution in [0.5, 0.6) is 0 Å². The Hall–Kier alpha value is -3.34. The Morgan fingerprint density at radius 3 is 2.62 bits per heavy atom. The van der Waals surface area contributed by atoms with Gasteiger partial charge in [-0.2, -0.15) is 0 Å². The molecule has 1 aliphatic rings. The fourth-order valence-corrected chi connectivity index (χ4v) is 4.48. The third-order valence-corrected chi connectivity index (χ3v) is 6.06. The molecule has 0 saturated heterocycles. The van der Waals surface area contributed by atoms with Gasteiger partial charge in [-0.1, -0.05) is 54.6 Å². The summed E-state index contributed by atoms with van der Waals surface area (Å²) in [6.07, 6.45) is 2.34. The van der Waals surface area contributed by atoms with E-state index in [1.165, 1.54) is 22.9 Å². The van der Waals surface area contributed by atoms with E-state index in [0.29, 0.717) is 12.1 Å². The molecule has 0 atom stereocenters. The SMILES string of the molecule is CN(Cc1ccc(CCC(=O)O)c(F)c1)c1cccc2c1N(Cc1ccccc1)CCC2. The molecule has 0 aliphatic carbocycles. The van der Waals surface area contributed by atoms with Gasteiger partial charge in [0.1, 0.15) is 5.82 Å². The van der Waals surface area contributed by atoms with Gasteiger partial charge in [0, 0.05) is 33.1 Å². The Kier molecular flexibility index (Phi) is 6.74. The zero-order chi connectivity index (χ0) is 22.5. The molecular weight excluding hydrogens is 403 g/mol. The van der Waals surface area contributed by atoms with Crippen LogP contribution in [-0.4, -0.2) is 24.7 Å². The van der Waals surface area contributed by atoms with Gasteiger partial charge < -0.3 is 14.9 Å². The Labute approximate surface area is 188 Å². The predicted molar refractivity (Wildman–Crippen MR) is 127 cm³/mol. The van der Waals surface area contributed by atoms with Crippen molar-refractivity contribution in [3.8, 4) is 0 Å². The topological polar surface area (TPSA) is 43.8 Å². The first-order valence-electron chi connectivity index (χ1n) is 11.1. The summed E-state index contributed by atoms with van der Waals surface area (Å²) in [6.45, 7) is 2.46. The Morgan fingerprint density at radius 1 is 1.06 bits per heavy atom. The van der Waals surface area contributed by atoms with Crippen LogP contribution in [0.15, 0.2) is 66.7 Å². The van der Waals surface area contributed by atoms with E-state index in [0.717, 1.165) is 37.2 Å². The van der Waals surface area contributed by atoms with Crippen molar-refractivity contribution in [2.45, 2.75) is 38.8 Å². The lowest BCUT2D eigenvalue weighted by molar-refractivity contribution is -0.136. The zero-order valence-corrected chi connectivity index (χ0v) is 18.4. The second kappa shape index (κ2) is 9.86. The molecule has 3 aromatic rings. The number of halogens is 1. The van der Waals surface area contributed by atoms with E-state index in [9.17, 15) is 9.18 Å². The summed E-state index contributed by atoms with van der Waals surface area (Å²) in [7, 11) is 2.04. The predicted octanol–water partition coefficient (Wildman–Crippen LogP) is 5.43. The number of aliphatic carboxylic acids is 1. The molecule has 3 aromatic carbocycles. The van der Waals surface area contributed by atoms with Crippen LogP contribution in [-0.2, 0) is 30.7 Å². The molecule has 0 saturated carbocycles. The first-order chi connectivity index (χ1) is 15.5. The Balaban J connectivity index is 1.55. The van der Waals surface area contributed by atoms with Gasteiger partial charge in [0.2, 0.25) is 0 Å². The van der Waals surface area contributed by atoms with Crippen LogP contribution >= 0.6 is 0 Å². The highest BCUT2D eigenvalue weighted by atomic mass is 19.1. The van der Waals surface area contributed by atoms with Crippen LogP contribution in [0.1, 0.15) is 35.1 Å². The van der Waals surface area contributed by atoms with E-state index >= 15 is 0 Å². The lowest BCUT2D eigenvalue weighted by Gasteiger charge is -2.36. The number of hydrogen-bond donors (Lipinski definition) is 1. The summed E-state index contributed by atoms with van der Waals surface area (Å²) in [5, 5.41) is 8.84. The molecule has 0 amide bonds. The molecule has 0 bridgehead atoms. The first-order valence-corrected chi connectivity index (χ1v) is 11.1. The van der Waals surface area contributed by atoms with Crippen molar-refractivity contribution >= 4 is 17.3 Å². The van der Waals surface area contributed by atoms with Crippen LogP contribution in [0.2, 0.25) is 0 Å². The zero-order valence-electron chi connectivity index (χ0n) is 18.4. The van der Waals surface area contributed by atoms with Crippen molar-refractivity contribution in [3.05, 3.63) is 94.8 Å². The van der Waals surface area contributed by atoms with E-state index in [1.807, 2.05) is 19.2 Å². The van der Waals surface area contributed by atoms with Crippen LogP contribution in [0.3, 0.4) is 0 Å². The van der Waals surface area contributed by atoms with Gasteiger partial charge in [0.25, 0.3) is 0 Å². The molecule has 166 valence electrons. The summed E-state index contributed by atoms with van der Waals surface area (Å²) < 4.78 is 14.5. The summed E-state index contributed by atoms with van der Waals surface area (Å²) in [6, 6.07) is 22.1. The maximum absolute atomic E-state index is 14.5.